The molecule has 0 radical (unpaired) electrons. The largest absolute Gasteiger partial charge is 0.310 e. The summed E-state index contributed by atoms with van der Waals surface area (Å²) in [5.41, 5.74) is 18.5. The third-order valence-corrected chi connectivity index (χ3v) is 16.2. The van der Waals surface area contributed by atoms with Crippen LogP contribution >= 0.6 is 0 Å². The fourth-order valence-electron chi connectivity index (χ4n) is 10.4. The van der Waals surface area contributed by atoms with Crippen molar-refractivity contribution in [1.29, 1.82) is 0 Å². The highest BCUT2D eigenvalue weighted by Crippen LogP contribution is 2.55. The first-order valence-corrected chi connectivity index (χ1v) is 26.7. The van der Waals surface area contributed by atoms with Gasteiger partial charge in [-0.1, -0.05) is 187 Å². The number of anilines is 3. The van der Waals surface area contributed by atoms with Crippen LogP contribution in [0.4, 0.5) is 17.1 Å². The highest BCUT2D eigenvalue weighted by atomic mass is 28.3. The molecule has 0 saturated carbocycles. The Morgan fingerprint density at radius 2 is 0.985 bits per heavy atom. The van der Waals surface area contributed by atoms with Crippen molar-refractivity contribution in [3.05, 3.63) is 211 Å². The zero-order chi connectivity index (χ0) is 44.8. The molecule has 3 heteroatoms. The molecule has 0 aliphatic heterocycles. The minimum atomic E-state index is -1.50. The zero-order valence-electron chi connectivity index (χ0n) is 38.9. The molecule has 0 spiro atoms. The first-order chi connectivity index (χ1) is 31.3. The van der Waals surface area contributed by atoms with Crippen LogP contribution in [0.25, 0.3) is 71.6 Å². The molecule has 318 valence electrons. The van der Waals surface area contributed by atoms with Crippen LogP contribution in [-0.2, 0) is 10.8 Å². The Morgan fingerprint density at radius 1 is 0.462 bits per heavy atom. The molecule has 11 rings (SSSR count). The van der Waals surface area contributed by atoms with Crippen LogP contribution in [-0.4, -0.2) is 12.6 Å². The maximum absolute atomic E-state index is 2.51. The van der Waals surface area contributed by atoms with Crippen LogP contribution < -0.4 is 10.1 Å². The van der Waals surface area contributed by atoms with Crippen LogP contribution in [0, 0.1) is 0 Å². The summed E-state index contributed by atoms with van der Waals surface area (Å²) in [7, 11) is -1.50. The van der Waals surface area contributed by atoms with Gasteiger partial charge in [0.15, 0.2) is 0 Å². The van der Waals surface area contributed by atoms with Gasteiger partial charge in [-0.3, -0.25) is 0 Å². The molecule has 1 aliphatic rings. The molecule has 1 heterocycles. The highest BCUT2D eigenvalue weighted by molar-refractivity contribution is 6.88. The number of fused-ring (bicyclic) bond motifs is 8. The molecule has 0 fully saturated rings. The lowest BCUT2D eigenvalue weighted by molar-refractivity contribution is 0.590. The van der Waals surface area contributed by atoms with E-state index in [4.69, 9.17) is 0 Å². The minimum Gasteiger partial charge on any atom is -0.310 e. The van der Waals surface area contributed by atoms with Gasteiger partial charge in [0.05, 0.1) is 24.8 Å². The summed E-state index contributed by atoms with van der Waals surface area (Å²) in [6.45, 7) is 19.0. The third-order valence-electron chi connectivity index (χ3n) is 14.1. The second-order valence-corrected chi connectivity index (χ2v) is 25.8. The molecule has 0 bridgehead atoms. The lowest BCUT2D eigenvalue weighted by Crippen LogP contribution is -2.37. The van der Waals surface area contributed by atoms with Gasteiger partial charge in [-0.05, 0) is 128 Å². The molecule has 0 N–H and O–H groups in total. The molecular weight excluding hydrogens is 801 g/mol. The van der Waals surface area contributed by atoms with Crippen molar-refractivity contribution >= 4 is 62.9 Å². The zero-order valence-corrected chi connectivity index (χ0v) is 39.9. The van der Waals surface area contributed by atoms with E-state index >= 15 is 0 Å². The van der Waals surface area contributed by atoms with E-state index < -0.39 is 8.07 Å². The van der Waals surface area contributed by atoms with Gasteiger partial charge >= 0.3 is 0 Å². The Kier molecular flexibility index (Phi) is 9.46. The second-order valence-electron chi connectivity index (χ2n) is 20.7. The molecule has 0 amide bonds. The van der Waals surface area contributed by atoms with Gasteiger partial charge < -0.3 is 9.47 Å². The van der Waals surface area contributed by atoms with E-state index in [1.165, 1.54) is 105 Å². The predicted octanol–water partition coefficient (Wildman–Crippen LogP) is 16.9. The van der Waals surface area contributed by atoms with E-state index in [1.54, 1.807) is 0 Å². The van der Waals surface area contributed by atoms with Gasteiger partial charge in [0.2, 0.25) is 0 Å². The van der Waals surface area contributed by atoms with E-state index in [0.717, 1.165) is 5.69 Å². The molecule has 1 aliphatic carbocycles. The van der Waals surface area contributed by atoms with Crippen molar-refractivity contribution in [3.8, 4) is 39.1 Å². The van der Waals surface area contributed by atoms with Crippen LogP contribution in [0.5, 0.6) is 0 Å². The summed E-state index contributed by atoms with van der Waals surface area (Å²) in [5.74, 6) is 0. The molecule has 0 saturated heterocycles. The quantitative estimate of drug-likeness (QED) is 0.145. The molecule has 1 aromatic heterocycles. The molecule has 0 unspecified atom stereocenters. The predicted molar refractivity (Wildman–Crippen MR) is 283 cm³/mol. The lowest BCUT2D eigenvalue weighted by Gasteiger charge is -2.31. The van der Waals surface area contributed by atoms with Crippen molar-refractivity contribution in [3.63, 3.8) is 0 Å². The van der Waals surface area contributed by atoms with Crippen molar-refractivity contribution < 1.29 is 0 Å². The molecule has 65 heavy (non-hydrogen) atoms. The first kappa shape index (κ1) is 40.8. The SMILES string of the molecule is CC(C)(C)c1ccc(N(c2ccc([Si](C)(C)C)cc2)c2cc3c(c4ccccc24)-c2ccc(-n4c5ccc(-c6ccccc6)cc5c5cc(-c6ccccc6)ccc54)cc2C3(C)C)cc1. The Balaban J connectivity index is 1.10. The monoisotopic (exact) mass is 856 g/mol. The molecule has 2 nitrogen and oxygen atoms in total. The van der Waals surface area contributed by atoms with Crippen molar-refractivity contribution in [2.45, 2.75) is 65.1 Å². The van der Waals surface area contributed by atoms with Crippen molar-refractivity contribution in [1.82, 2.24) is 4.57 Å². The standard InChI is InChI=1S/C62H56N2Si/c1-61(2,3)45-25-27-46(28-26-45)63(47-29-32-49(33-30-47)65(6,7)8)59-40-56-60(51-22-16-15-21-50(51)59)52-34-31-48(39-55(52)62(56,4)5)64-57-35-23-43(41-17-11-9-12-18-41)37-53(57)54-38-44(24-36-58(54)64)42-19-13-10-14-20-42/h9-40H,1-8H3. The maximum atomic E-state index is 2.51. The normalized spacial score (nSPS) is 13.4. The molecular formula is C62H56N2Si. The van der Waals surface area contributed by atoms with Crippen LogP contribution in [0.3, 0.4) is 0 Å². The fourth-order valence-corrected chi connectivity index (χ4v) is 11.6. The smallest absolute Gasteiger partial charge is 0.0775 e. The number of benzene rings is 9. The third kappa shape index (κ3) is 6.84. The van der Waals surface area contributed by atoms with Gasteiger partial charge in [-0.15, -0.1) is 0 Å². The average Bonchev–Trinajstić information content (AvgIpc) is 3.76. The fraction of sp³-hybridized carbons (Fsp3) is 0.161. The van der Waals surface area contributed by atoms with Gasteiger partial charge in [0, 0.05) is 38.6 Å². The summed E-state index contributed by atoms with van der Waals surface area (Å²) < 4.78 is 2.49. The van der Waals surface area contributed by atoms with Gasteiger partial charge in [-0.2, -0.15) is 0 Å². The van der Waals surface area contributed by atoms with Gasteiger partial charge in [0.25, 0.3) is 0 Å². The van der Waals surface area contributed by atoms with Crippen molar-refractivity contribution in [2.24, 2.45) is 0 Å². The Morgan fingerprint density at radius 3 is 1.52 bits per heavy atom. The van der Waals surface area contributed by atoms with Crippen molar-refractivity contribution in [2.75, 3.05) is 4.90 Å². The number of hydrogen-bond donors (Lipinski definition) is 0. The number of aromatic nitrogens is 1. The Hall–Kier alpha value is -6.94. The Labute approximate surface area is 385 Å². The van der Waals surface area contributed by atoms with Gasteiger partial charge in [-0.25, -0.2) is 0 Å². The average molecular weight is 857 g/mol. The van der Waals surface area contributed by atoms with E-state index in [2.05, 4.69) is 258 Å². The highest BCUT2D eigenvalue weighted by Gasteiger charge is 2.38. The van der Waals surface area contributed by atoms with Crippen LogP contribution in [0.2, 0.25) is 19.6 Å². The Bertz CT molecular complexity index is 3280. The number of nitrogens with zero attached hydrogens (tertiary/aromatic N) is 2. The van der Waals surface area contributed by atoms with Crippen LogP contribution in [0.1, 0.15) is 51.3 Å². The number of rotatable bonds is 7. The molecule has 0 atom stereocenters. The lowest BCUT2D eigenvalue weighted by atomic mass is 9.81. The summed E-state index contributed by atoms with van der Waals surface area (Å²) in [4.78, 5) is 2.50. The van der Waals surface area contributed by atoms with E-state index in [9.17, 15) is 0 Å². The van der Waals surface area contributed by atoms with E-state index in [1.807, 2.05) is 0 Å². The topological polar surface area (TPSA) is 8.17 Å². The number of hydrogen-bond acceptors (Lipinski definition) is 1. The summed E-state index contributed by atoms with van der Waals surface area (Å²) in [6, 6.07) is 73.0. The summed E-state index contributed by atoms with van der Waals surface area (Å²) in [6.07, 6.45) is 0. The minimum absolute atomic E-state index is 0.0622. The van der Waals surface area contributed by atoms with E-state index in [-0.39, 0.29) is 10.8 Å². The molecule has 10 aromatic rings. The first-order valence-electron chi connectivity index (χ1n) is 23.2. The van der Waals surface area contributed by atoms with E-state index in [0.29, 0.717) is 0 Å². The van der Waals surface area contributed by atoms with Crippen LogP contribution in [0.15, 0.2) is 194 Å². The maximum Gasteiger partial charge on any atom is 0.0775 e. The molecule has 9 aromatic carbocycles. The van der Waals surface area contributed by atoms with Gasteiger partial charge in [0.1, 0.15) is 0 Å². The summed E-state index contributed by atoms with van der Waals surface area (Å²) >= 11 is 0. The summed E-state index contributed by atoms with van der Waals surface area (Å²) in [5, 5.41) is 6.51. The second kappa shape index (κ2) is 15.1.